The summed E-state index contributed by atoms with van der Waals surface area (Å²) in [5.74, 6) is 0. The number of nitrogens with zero attached hydrogens (tertiary/aromatic N) is 2. The molecule has 15 heavy (non-hydrogen) atoms. The summed E-state index contributed by atoms with van der Waals surface area (Å²) in [6, 6.07) is 3.23. The Morgan fingerprint density at radius 3 is 2.67 bits per heavy atom. The van der Waals surface area contributed by atoms with E-state index >= 15 is 0 Å². The van der Waals surface area contributed by atoms with Crippen LogP contribution in [-0.4, -0.2) is 31.3 Å². The van der Waals surface area contributed by atoms with Crippen LogP contribution in [0.4, 0.5) is 0 Å². The number of sulfonamides is 1. The predicted octanol–water partition coefficient (Wildman–Crippen LogP) is 1.20. The normalized spacial score (nSPS) is 11.7. The number of hydrogen-bond acceptors (Lipinski definition) is 3. The molecular weight excluding hydrogens is 212 g/mol. The predicted molar refractivity (Wildman–Crippen MR) is 59.0 cm³/mol. The van der Waals surface area contributed by atoms with Crippen LogP contribution in [0.1, 0.15) is 5.69 Å². The van der Waals surface area contributed by atoms with E-state index in [0.717, 1.165) is 5.69 Å². The zero-order chi connectivity index (χ0) is 11.5. The van der Waals surface area contributed by atoms with Gasteiger partial charge in [0, 0.05) is 25.5 Å². The molecule has 0 atom stereocenters. The lowest BCUT2D eigenvalue weighted by atomic mass is 10.4. The maximum absolute atomic E-state index is 11.9. The number of likely N-dealkylation sites (N-methyl/N-ethyl adjacent to an activating group) is 1. The first-order valence-electron chi connectivity index (χ1n) is 4.48. The van der Waals surface area contributed by atoms with Crippen molar-refractivity contribution in [3.63, 3.8) is 0 Å². The first kappa shape index (κ1) is 11.9. The molecule has 82 valence electrons. The zero-order valence-corrected chi connectivity index (χ0v) is 9.66. The smallest absolute Gasteiger partial charge is 0.244 e. The summed E-state index contributed by atoms with van der Waals surface area (Å²) in [7, 11) is -1.91. The molecule has 1 aromatic heterocycles. The van der Waals surface area contributed by atoms with Crippen LogP contribution in [0, 0.1) is 6.92 Å². The minimum absolute atomic E-state index is 0.206. The molecule has 0 N–H and O–H groups in total. The summed E-state index contributed by atoms with van der Waals surface area (Å²) in [6.07, 6.45) is 2.91. The SMILES string of the molecule is C=CCN(C)S(=O)(=O)c1ccc(C)nc1. The van der Waals surface area contributed by atoms with Crippen molar-refractivity contribution in [1.29, 1.82) is 0 Å². The Kier molecular flexibility index (Phi) is 3.60. The highest BCUT2D eigenvalue weighted by atomic mass is 32.2. The molecule has 0 aliphatic carbocycles. The van der Waals surface area contributed by atoms with E-state index < -0.39 is 10.0 Å². The first-order valence-corrected chi connectivity index (χ1v) is 5.92. The van der Waals surface area contributed by atoms with Crippen LogP contribution in [0.5, 0.6) is 0 Å². The zero-order valence-electron chi connectivity index (χ0n) is 8.84. The molecule has 0 aromatic carbocycles. The molecule has 0 saturated carbocycles. The van der Waals surface area contributed by atoms with Crippen molar-refractivity contribution in [2.24, 2.45) is 0 Å². The van der Waals surface area contributed by atoms with Crippen LogP contribution in [0.25, 0.3) is 0 Å². The van der Waals surface area contributed by atoms with Gasteiger partial charge in [0.25, 0.3) is 0 Å². The standard InChI is InChI=1S/C10H14N2O2S/c1-4-7-12(3)15(13,14)10-6-5-9(2)11-8-10/h4-6,8H,1,7H2,2-3H3. The Labute approximate surface area is 90.3 Å². The van der Waals surface area contributed by atoms with Crippen LogP contribution in [0.2, 0.25) is 0 Å². The van der Waals surface area contributed by atoms with Crippen LogP contribution < -0.4 is 0 Å². The molecule has 0 bridgehead atoms. The van der Waals surface area contributed by atoms with E-state index in [2.05, 4.69) is 11.6 Å². The van der Waals surface area contributed by atoms with Crippen molar-refractivity contribution < 1.29 is 8.42 Å². The van der Waals surface area contributed by atoms with E-state index in [1.54, 1.807) is 18.2 Å². The van der Waals surface area contributed by atoms with Crippen LogP contribution in [-0.2, 0) is 10.0 Å². The van der Waals surface area contributed by atoms with Gasteiger partial charge in [-0.3, -0.25) is 4.98 Å². The molecule has 0 saturated heterocycles. The van der Waals surface area contributed by atoms with Crippen molar-refractivity contribution in [2.45, 2.75) is 11.8 Å². The molecule has 0 radical (unpaired) electrons. The fourth-order valence-electron chi connectivity index (χ4n) is 1.07. The van der Waals surface area contributed by atoms with Crippen molar-refractivity contribution >= 4 is 10.0 Å². The molecular formula is C10H14N2O2S. The lowest BCUT2D eigenvalue weighted by molar-refractivity contribution is 0.499. The average molecular weight is 226 g/mol. The lowest BCUT2D eigenvalue weighted by Gasteiger charge is -2.14. The fraction of sp³-hybridized carbons (Fsp3) is 0.300. The van der Waals surface area contributed by atoms with E-state index in [4.69, 9.17) is 0 Å². The molecule has 0 aliphatic rings. The Morgan fingerprint density at radius 1 is 1.53 bits per heavy atom. The van der Waals surface area contributed by atoms with Crippen molar-refractivity contribution in [3.05, 3.63) is 36.7 Å². The van der Waals surface area contributed by atoms with E-state index in [0.29, 0.717) is 0 Å². The largest absolute Gasteiger partial charge is 0.260 e. The lowest BCUT2D eigenvalue weighted by Crippen LogP contribution is -2.27. The second-order valence-corrected chi connectivity index (χ2v) is 5.25. The van der Waals surface area contributed by atoms with E-state index in [1.165, 1.54) is 17.5 Å². The number of rotatable bonds is 4. The highest BCUT2D eigenvalue weighted by Crippen LogP contribution is 2.12. The third kappa shape index (κ3) is 2.64. The van der Waals surface area contributed by atoms with Gasteiger partial charge in [0.05, 0.1) is 0 Å². The molecule has 4 nitrogen and oxygen atoms in total. The molecule has 0 spiro atoms. The topological polar surface area (TPSA) is 50.3 Å². The first-order chi connectivity index (χ1) is 6.98. The van der Waals surface area contributed by atoms with E-state index in [-0.39, 0.29) is 11.4 Å². The second kappa shape index (κ2) is 4.55. The van der Waals surface area contributed by atoms with E-state index in [1.807, 2.05) is 6.92 Å². The van der Waals surface area contributed by atoms with Gasteiger partial charge in [0.1, 0.15) is 4.90 Å². The van der Waals surface area contributed by atoms with Crippen LogP contribution in [0.3, 0.4) is 0 Å². The third-order valence-corrected chi connectivity index (χ3v) is 3.79. The summed E-state index contributed by atoms with van der Waals surface area (Å²) in [5.41, 5.74) is 0.792. The van der Waals surface area contributed by atoms with Gasteiger partial charge in [0.15, 0.2) is 0 Å². The summed E-state index contributed by atoms with van der Waals surface area (Å²) in [6.45, 7) is 5.60. The Morgan fingerprint density at radius 2 is 2.20 bits per heavy atom. The number of pyridine rings is 1. The molecule has 0 aliphatic heterocycles. The molecule has 0 amide bonds. The highest BCUT2D eigenvalue weighted by Gasteiger charge is 2.19. The summed E-state index contributed by atoms with van der Waals surface area (Å²) in [4.78, 5) is 4.16. The summed E-state index contributed by atoms with van der Waals surface area (Å²) >= 11 is 0. The van der Waals surface area contributed by atoms with Gasteiger partial charge in [-0.25, -0.2) is 8.42 Å². The minimum atomic E-state index is -3.42. The van der Waals surface area contributed by atoms with Crippen LogP contribution in [0.15, 0.2) is 35.9 Å². The minimum Gasteiger partial charge on any atom is -0.260 e. The monoisotopic (exact) mass is 226 g/mol. The Bertz CT molecular complexity index is 437. The molecule has 5 heteroatoms. The molecule has 0 unspecified atom stereocenters. The summed E-state index contributed by atoms with van der Waals surface area (Å²) < 4.78 is 25.0. The summed E-state index contributed by atoms with van der Waals surface area (Å²) in [5, 5.41) is 0. The van der Waals surface area contributed by atoms with Crippen molar-refractivity contribution in [3.8, 4) is 0 Å². The van der Waals surface area contributed by atoms with Crippen molar-refractivity contribution in [1.82, 2.24) is 9.29 Å². The van der Waals surface area contributed by atoms with Gasteiger partial charge in [-0.1, -0.05) is 6.08 Å². The number of hydrogen-bond donors (Lipinski definition) is 0. The molecule has 0 fully saturated rings. The van der Waals surface area contributed by atoms with Gasteiger partial charge in [-0.2, -0.15) is 4.31 Å². The van der Waals surface area contributed by atoms with Gasteiger partial charge < -0.3 is 0 Å². The highest BCUT2D eigenvalue weighted by molar-refractivity contribution is 7.89. The molecule has 1 aromatic rings. The molecule has 1 rings (SSSR count). The average Bonchev–Trinajstić information content (AvgIpc) is 2.18. The Balaban J connectivity index is 3.06. The Hall–Kier alpha value is -1.20. The third-order valence-electron chi connectivity index (χ3n) is 1.98. The maximum Gasteiger partial charge on any atom is 0.244 e. The van der Waals surface area contributed by atoms with Gasteiger partial charge in [-0.15, -0.1) is 6.58 Å². The van der Waals surface area contributed by atoms with Gasteiger partial charge in [0.2, 0.25) is 10.0 Å². The van der Waals surface area contributed by atoms with Crippen LogP contribution >= 0.6 is 0 Å². The maximum atomic E-state index is 11.9. The van der Waals surface area contributed by atoms with Gasteiger partial charge >= 0.3 is 0 Å². The second-order valence-electron chi connectivity index (χ2n) is 3.21. The van der Waals surface area contributed by atoms with Crippen molar-refractivity contribution in [2.75, 3.05) is 13.6 Å². The quantitative estimate of drug-likeness (QED) is 0.725. The fourth-order valence-corrected chi connectivity index (χ4v) is 2.15. The number of aromatic nitrogens is 1. The molecule has 1 heterocycles. The van der Waals surface area contributed by atoms with E-state index in [9.17, 15) is 8.42 Å². The van der Waals surface area contributed by atoms with Gasteiger partial charge in [-0.05, 0) is 19.1 Å². The number of aryl methyl sites for hydroxylation is 1.